The van der Waals surface area contributed by atoms with Crippen molar-refractivity contribution in [3.63, 3.8) is 0 Å². The SMILES string of the molecule is O=C(O)c1ncsc1NCCc1cccs1. The van der Waals surface area contributed by atoms with Crippen molar-refractivity contribution in [2.75, 3.05) is 11.9 Å². The molecule has 0 aromatic carbocycles. The molecule has 0 aliphatic carbocycles. The molecular formula is C10H10N2O2S2. The Morgan fingerprint density at radius 2 is 2.38 bits per heavy atom. The van der Waals surface area contributed by atoms with Gasteiger partial charge in [-0.15, -0.1) is 22.7 Å². The summed E-state index contributed by atoms with van der Waals surface area (Å²) in [5, 5.41) is 14.6. The van der Waals surface area contributed by atoms with Crippen molar-refractivity contribution in [3.05, 3.63) is 33.6 Å². The van der Waals surface area contributed by atoms with Crippen LogP contribution in [0.25, 0.3) is 0 Å². The summed E-state index contributed by atoms with van der Waals surface area (Å²) in [5.74, 6) is -0.986. The molecule has 4 nitrogen and oxygen atoms in total. The number of nitrogens with zero attached hydrogens (tertiary/aromatic N) is 1. The number of carboxylic acid groups (broad SMARTS) is 1. The largest absolute Gasteiger partial charge is 0.476 e. The minimum atomic E-state index is -0.986. The number of carboxylic acids is 1. The highest BCUT2D eigenvalue weighted by molar-refractivity contribution is 7.14. The Labute approximate surface area is 101 Å². The summed E-state index contributed by atoms with van der Waals surface area (Å²) < 4.78 is 0. The van der Waals surface area contributed by atoms with Crippen LogP contribution in [0.4, 0.5) is 5.00 Å². The van der Waals surface area contributed by atoms with E-state index in [9.17, 15) is 4.79 Å². The Kier molecular flexibility index (Phi) is 3.53. The highest BCUT2D eigenvalue weighted by Gasteiger charge is 2.12. The number of hydrogen-bond donors (Lipinski definition) is 2. The summed E-state index contributed by atoms with van der Waals surface area (Å²) in [7, 11) is 0. The molecule has 84 valence electrons. The van der Waals surface area contributed by atoms with Crippen molar-refractivity contribution >= 4 is 33.6 Å². The average Bonchev–Trinajstić information content (AvgIpc) is 2.87. The number of rotatable bonds is 5. The van der Waals surface area contributed by atoms with Crippen molar-refractivity contribution in [2.45, 2.75) is 6.42 Å². The molecule has 2 aromatic heterocycles. The first-order valence-corrected chi connectivity index (χ1v) is 6.46. The van der Waals surface area contributed by atoms with Gasteiger partial charge in [0.2, 0.25) is 0 Å². The Morgan fingerprint density at radius 1 is 1.50 bits per heavy atom. The van der Waals surface area contributed by atoms with Crippen LogP contribution in [0, 0.1) is 0 Å². The Morgan fingerprint density at radius 3 is 3.06 bits per heavy atom. The standard InChI is InChI=1S/C10H10N2O2S2/c13-10(14)8-9(16-6-12-8)11-4-3-7-2-1-5-15-7/h1-2,5-6,11H,3-4H2,(H,13,14). The number of thiophene rings is 1. The average molecular weight is 254 g/mol. The summed E-state index contributed by atoms with van der Waals surface area (Å²) in [6.07, 6.45) is 0.897. The normalized spacial score (nSPS) is 10.2. The predicted molar refractivity (Wildman–Crippen MR) is 65.6 cm³/mol. The van der Waals surface area contributed by atoms with Gasteiger partial charge >= 0.3 is 5.97 Å². The maximum atomic E-state index is 10.8. The molecule has 0 bridgehead atoms. The molecule has 0 spiro atoms. The third-order valence-corrected chi connectivity index (χ3v) is 3.73. The molecule has 0 aliphatic rings. The van der Waals surface area contributed by atoms with Gasteiger partial charge in [-0.05, 0) is 17.9 Å². The smallest absolute Gasteiger partial charge is 0.357 e. The Balaban J connectivity index is 1.90. The molecular weight excluding hydrogens is 244 g/mol. The third-order valence-electron chi connectivity index (χ3n) is 2.01. The van der Waals surface area contributed by atoms with Gasteiger partial charge in [-0.2, -0.15) is 0 Å². The number of carbonyl (C=O) groups is 1. The first kappa shape index (κ1) is 11.1. The van der Waals surface area contributed by atoms with Crippen molar-refractivity contribution in [1.82, 2.24) is 4.98 Å². The third kappa shape index (κ3) is 2.59. The molecule has 2 rings (SSSR count). The van der Waals surface area contributed by atoms with Crippen LogP contribution in [0.3, 0.4) is 0 Å². The summed E-state index contributed by atoms with van der Waals surface area (Å²) in [6.45, 7) is 0.725. The van der Waals surface area contributed by atoms with E-state index in [0.717, 1.165) is 13.0 Å². The van der Waals surface area contributed by atoms with Crippen molar-refractivity contribution in [3.8, 4) is 0 Å². The number of nitrogens with one attached hydrogen (secondary N) is 1. The molecule has 6 heteroatoms. The zero-order chi connectivity index (χ0) is 11.4. The highest BCUT2D eigenvalue weighted by atomic mass is 32.1. The van der Waals surface area contributed by atoms with E-state index in [4.69, 9.17) is 5.11 Å². The molecule has 0 atom stereocenters. The van der Waals surface area contributed by atoms with E-state index >= 15 is 0 Å². The van der Waals surface area contributed by atoms with E-state index in [1.54, 1.807) is 11.3 Å². The van der Waals surface area contributed by atoms with Crippen LogP contribution in [-0.2, 0) is 6.42 Å². The zero-order valence-electron chi connectivity index (χ0n) is 8.34. The van der Waals surface area contributed by atoms with E-state index in [2.05, 4.69) is 16.4 Å². The molecule has 2 heterocycles. The second-order valence-electron chi connectivity index (χ2n) is 3.09. The summed E-state index contributed by atoms with van der Waals surface area (Å²) in [5.41, 5.74) is 1.65. The van der Waals surface area contributed by atoms with Gasteiger partial charge in [-0.1, -0.05) is 6.07 Å². The van der Waals surface area contributed by atoms with Crippen molar-refractivity contribution in [1.29, 1.82) is 0 Å². The maximum Gasteiger partial charge on any atom is 0.357 e. The van der Waals surface area contributed by atoms with Gasteiger partial charge in [0.1, 0.15) is 5.00 Å². The molecule has 16 heavy (non-hydrogen) atoms. The minimum Gasteiger partial charge on any atom is -0.476 e. The Bertz CT molecular complexity index is 465. The fraction of sp³-hybridized carbons (Fsp3) is 0.200. The number of hydrogen-bond acceptors (Lipinski definition) is 5. The molecule has 0 aliphatic heterocycles. The fourth-order valence-corrected chi connectivity index (χ4v) is 2.69. The molecule has 2 N–H and O–H groups in total. The van der Waals surface area contributed by atoms with Gasteiger partial charge in [0.05, 0.1) is 5.51 Å². The number of anilines is 1. The lowest BCUT2D eigenvalue weighted by Crippen LogP contribution is -2.07. The molecule has 0 fully saturated rings. The topological polar surface area (TPSA) is 62.2 Å². The van der Waals surface area contributed by atoms with Gasteiger partial charge in [0.25, 0.3) is 0 Å². The van der Waals surface area contributed by atoms with Gasteiger partial charge in [-0.25, -0.2) is 9.78 Å². The monoisotopic (exact) mass is 254 g/mol. The maximum absolute atomic E-state index is 10.8. The highest BCUT2D eigenvalue weighted by Crippen LogP contribution is 2.20. The van der Waals surface area contributed by atoms with Crippen LogP contribution in [-0.4, -0.2) is 22.6 Å². The lowest BCUT2D eigenvalue weighted by atomic mass is 10.3. The van der Waals surface area contributed by atoms with Crippen molar-refractivity contribution in [2.24, 2.45) is 0 Å². The van der Waals surface area contributed by atoms with Crippen molar-refractivity contribution < 1.29 is 9.90 Å². The minimum absolute atomic E-state index is 0.108. The lowest BCUT2D eigenvalue weighted by molar-refractivity contribution is 0.0692. The number of thiazole rings is 1. The molecule has 0 amide bonds. The van der Waals surface area contributed by atoms with Crippen LogP contribution >= 0.6 is 22.7 Å². The van der Waals surface area contributed by atoms with Gasteiger partial charge in [0.15, 0.2) is 5.69 Å². The molecule has 0 saturated carbocycles. The van der Waals surface area contributed by atoms with E-state index in [1.807, 2.05) is 11.4 Å². The zero-order valence-corrected chi connectivity index (χ0v) is 9.98. The lowest BCUT2D eigenvalue weighted by Gasteiger charge is -2.02. The number of aromatic carboxylic acids is 1. The quantitative estimate of drug-likeness (QED) is 0.860. The van der Waals surface area contributed by atoms with Gasteiger partial charge < -0.3 is 10.4 Å². The van der Waals surface area contributed by atoms with E-state index in [1.165, 1.54) is 21.7 Å². The summed E-state index contributed by atoms with van der Waals surface area (Å²) in [6, 6.07) is 4.08. The summed E-state index contributed by atoms with van der Waals surface area (Å²) in [4.78, 5) is 15.9. The first-order chi connectivity index (χ1) is 7.77. The predicted octanol–water partition coefficient (Wildman–Crippen LogP) is 2.56. The summed E-state index contributed by atoms with van der Waals surface area (Å²) >= 11 is 3.02. The molecule has 0 saturated heterocycles. The van der Waals surface area contributed by atoms with Gasteiger partial charge in [-0.3, -0.25) is 0 Å². The Hall–Kier alpha value is -1.40. The first-order valence-electron chi connectivity index (χ1n) is 4.70. The van der Waals surface area contributed by atoms with Crippen LogP contribution < -0.4 is 5.32 Å². The molecule has 2 aromatic rings. The van der Waals surface area contributed by atoms with Crippen LogP contribution in [0.5, 0.6) is 0 Å². The fourth-order valence-electron chi connectivity index (χ4n) is 1.28. The van der Waals surface area contributed by atoms with E-state index in [0.29, 0.717) is 5.00 Å². The van der Waals surface area contributed by atoms with Crippen LogP contribution in [0.2, 0.25) is 0 Å². The van der Waals surface area contributed by atoms with Crippen LogP contribution in [0.15, 0.2) is 23.0 Å². The van der Waals surface area contributed by atoms with E-state index < -0.39 is 5.97 Å². The van der Waals surface area contributed by atoms with Gasteiger partial charge in [0, 0.05) is 11.4 Å². The second-order valence-corrected chi connectivity index (χ2v) is 4.98. The van der Waals surface area contributed by atoms with E-state index in [-0.39, 0.29) is 5.69 Å². The van der Waals surface area contributed by atoms with Crippen LogP contribution in [0.1, 0.15) is 15.4 Å². The molecule has 0 unspecified atom stereocenters. The number of aromatic nitrogens is 1. The molecule has 0 radical (unpaired) electrons. The second kappa shape index (κ2) is 5.09.